The van der Waals surface area contributed by atoms with E-state index in [4.69, 9.17) is 16.3 Å². The van der Waals surface area contributed by atoms with Crippen LogP contribution in [0.5, 0.6) is 5.75 Å². The third-order valence-corrected chi connectivity index (χ3v) is 5.28. The van der Waals surface area contributed by atoms with Gasteiger partial charge in [-0.15, -0.1) is 17.9 Å². The molecule has 2 amide bonds. The number of ether oxygens (including phenoxy) is 1. The summed E-state index contributed by atoms with van der Waals surface area (Å²) < 4.78 is 5.94. The first-order valence-corrected chi connectivity index (χ1v) is 9.43. The van der Waals surface area contributed by atoms with Crippen molar-refractivity contribution in [1.29, 1.82) is 0 Å². The first-order chi connectivity index (χ1) is 13.4. The fraction of sp³-hybridized carbons (Fsp3) is 0.222. The van der Waals surface area contributed by atoms with Gasteiger partial charge in [-0.05, 0) is 18.2 Å². The molecule has 0 unspecified atom stereocenters. The van der Waals surface area contributed by atoms with Crippen molar-refractivity contribution >= 4 is 46.1 Å². The fourth-order valence-electron chi connectivity index (χ4n) is 2.75. The maximum atomic E-state index is 12.9. The van der Waals surface area contributed by atoms with Crippen LogP contribution in [0, 0.1) is 10.1 Å². The van der Waals surface area contributed by atoms with Crippen molar-refractivity contribution in [2.24, 2.45) is 0 Å². The molecule has 2 aromatic rings. The lowest BCUT2D eigenvalue weighted by atomic mass is 10.2. The second-order valence-corrected chi connectivity index (χ2v) is 7.75. The van der Waals surface area contributed by atoms with E-state index in [1.54, 1.807) is 12.1 Å². The molecule has 1 aliphatic rings. The molecule has 1 aromatic heterocycles. The highest BCUT2D eigenvalue weighted by atomic mass is 35.5. The lowest BCUT2D eigenvalue weighted by molar-refractivity contribution is -0.384. The second-order valence-electron chi connectivity index (χ2n) is 5.95. The molecule has 0 aliphatic carbocycles. The molecular formula is C18H16ClN3O5S. The van der Waals surface area contributed by atoms with Gasteiger partial charge in [-0.3, -0.25) is 24.6 Å². The standard InChI is InChI=1S/C18H16ClN3O5S/c1-2-7-20(9-13-4-6-16(19)28-13)17(23)10-21-14-8-12(22(25)26)3-5-15(14)27-11-18(21)24/h2-6,8H,1,7,9-11H2. The largest absolute Gasteiger partial charge is 0.482 e. The van der Waals surface area contributed by atoms with Gasteiger partial charge < -0.3 is 9.64 Å². The smallest absolute Gasteiger partial charge is 0.271 e. The number of fused-ring (bicyclic) bond motifs is 1. The van der Waals surface area contributed by atoms with E-state index in [2.05, 4.69) is 6.58 Å². The minimum absolute atomic E-state index is 0.189. The summed E-state index contributed by atoms with van der Waals surface area (Å²) in [6.45, 7) is 3.78. The van der Waals surface area contributed by atoms with Crippen LogP contribution in [0.3, 0.4) is 0 Å². The van der Waals surface area contributed by atoms with Crippen LogP contribution in [0.1, 0.15) is 4.88 Å². The Morgan fingerprint density at radius 3 is 2.86 bits per heavy atom. The minimum atomic E-state index is -0.566. The summed E-state index contributed by atoms with van der Waals surface area (Å²) in [6, 6.07) is 7.52. The molecule has 0 N–H and O–H groups in total. The van der Waals surface area contributed by atoms with E-state index >= 15 is 0 Å². The Morgan fingerprint density at radius 1 is 1.43 bits per heavy atom. The van der Waals surface area contributed by atoms with E-state index in [9.17, 15) is 19.7 Å². The van der Waals surface area contributed by atoms with Gasteiger partial charge in [0.15, 0.2) is 6.61 Å². The van der Waals surface area contributed by atoms with E-state index in [0.717, 1.165) is 4.88 Å². The Labute approximate surface area is 169 Å². The van der Waals surface area contributed by atoms with Gasteiger partial charge in [-0.1, -0.05) is 17.7 Å². The molecule has 2 heterocycles. The van der Waals surface area contributed by atoms with Crippen molar-refractivity contribution < 1.29 is 19.2 Å². The molecule has 10 heteroatoms. The zero-order chi connectivity index (χ0) is 20.3. The maximum absolute atomic E-state index is 12.9. The van der Waals surface area contributed by atoms with Crippen molar-refractivity contribution in [2.75, 3.05) is 24.6 Å². The normalized spacial score (nSPS) is 12.9. The molecule has 3 rings (SSSR count). The number of hydrogen-bond donors (Lipinski definition) is 0. The zero-order valence-corrected chi connectivity index (χ0v) is 16.2. The molecule has 28 heavy (non-hydrogen) atoms. The highest BCUT2D eigenvalue weighted by Gasteiger charge is 2.30. The van der Waals surface area contributed by atoms with E-state index in [0.29, 0.717) is 16.6 Å². The van der Waals surface area contributed by atoms with Crippen molar-refractivity contribution in [3.05, 3.63) is 62.3 Å². The van der Waals surface area contributed by atoms with Gasteiger partial charge in [0.05, 0.1) is 21.5 Å². The van der Waals surface area contributed by atoms with Crippen molar-refractivity contribution in [3.63, 3.8) is 0 Å². The molecule has 0 fully saturated rings. The summed E-state index contributed by atoms with van der Waals surface area (Å²) in [5.74, 6) is -0.450. The van der Waals surface area contributed by atoms with Crippen LogP contribution in [0.25, 0.3) is 0 Å². The zero-order valence-electron chi connectivity index (χ0n) is 14.7. The molecule has 0 saturated carbocycles. The number of non-ortho nitro benzene ring substituents is 1. The molecule has 146 valence electrons. The molecule has 0 atom stereocenters. The van der Waals surface area contributed by atoms with Crippen molar-refractivity contribution in [1.82, 2.24) is 4.90 Å². The first-order valence-electron chi connectivity index (χ1n) is 8.23. The number of hydrogen-bond acceptors (Lipinski definition) is 6. The topological polar surface area (TPSA) is 93.0 Å². The molecule has 1 aliphatic heterocycles. The number of rotatable bonds is 7. The van der Waals surface area contributed by atoms with Gasteiger partial charge in [-0.25, -0.2) is 0 Å². The van der Waals surface area contributed by atoms with Crippen LogP contribution in [0.2, 0.25) is 4.34 Å². The number of amides is 2. The average Bonchev–Trinajstić information content (AvgIpc) is 3.08. The molecule has 0 bridgehead atoms. The molecule has 0 saturated heterocycles. The lowest BCUT2D eigenvalue weighted by Gasteiger charge is -2.30. The summed E-state index contributed by atoms with van der Waals surface area (Å²) in [5, 5.41) is 11.1. The predicted molar refractivity (Wildman–Crippen MR) is 106 cm³/mol. The summed E-state index contributed by atoms with van der Waals surface area (Å²) in [4.78, 5) is 39.3. The van der Waals surface area contributed by atoms with Crippen molar-refractivity contribution in [2.45, 2.75) is 6.54 Å². The average molecular weight is 422 g/mol. The number of halogens is 1. The Bertz CT molecular complexity index is 945. The Hall–Kier alpha value is -2.91. The summed E-state index contributed by atoms with van der Waals surface area (Å²) in [7, 11) is 0. The maximum Gasteiger partial charge on any atom is 0.271 e. The number of benzene rings is 1. The summed E-state index contributed by atoms with van der Waals surface area (Å²) >= 11 is 7.31. The van der Waals surface area contributed by atoms with Gasteiger partial charge in [0.25, 0.3) is 11.6 Å². The highest BCUT2D eigenvalue weighted by molar-refractivity contribution is 7.16. The van der Waals surface area contributed by atoms with E-state index in [1.807, 2.05) is 6.07 Å². The summed E-state index contributed by atoms with van der Waals surface area (Å²) in [5.41, 5.74) is 0.0159. The van der Waals surface area contributed by atoms with E-state index in [-0.39, 0.29) is 37.0 Å². The molecule has 8 nitrogen and oxygen atoms in total. The van der Waals surface area contributed by atoms with E-state index in [1.165, 1.54) is 39.3 Å². The SMILES string of the molecule is C=CCN(Cc1ccc(Cl)s1)C(=O)CN1C(=O)COc2ccc([N+](=O)[O-])cc21. The van der Waals surface area contributed by atoms with E-state index < -0.39 is 10.8 Å². The number of carbonyl (C=O) groups excluding carboxylic acids is 2. The van der Waals surface area contributed by atoms with Gasteiger partial charge in [0.1, 0.15) is 12.3 Å². The fourth-order valence-corrected chi connectivity index (χ4v) is 3.85. The highest BCUT2D eigenvalue weighted by Crippen LogP contribution is 2.35. The van der Waals surface area contributed by atoms with Crippen LogP contribution < -0.4 is 9.64 Å². The van der Waals surface area contributed by atoms with Crippen LogP contribution in [0.4, 0.5) is 11.4 Å². The number of thiophene rings is 1. The second kappa shape index (κ2) is 8.41. The van der Waals surface area contributed by atoms with Crippen molar-refractivity contribution in [3.8, 4) is 5.75 Å². The Morgan fingerprint density at radius 2 is 2.21 bits per heavy atom. The number of nitro benzene ring substituents is 1. The number of carbonyl (C=O) groups is 2. The number of nitrogens with zero attached hydrogens (tertiary/aromatic N) is 3. The monoisotopic (exact) mass is 421 g/mol. The Kier molecular flexibility index (Phi) is 5.96. The Balaban J connectivity index is 1.83. The molecule has 1 aromatic carbocycles. The molecular weight excluding hydrogens is 406 g/mol. The van der Waals surface area contributed by atoms with Gasteiger partial charge in [-0.2, -0.15) is 0 Å². The van der Waals surface area contributed by atoms with Crippen LogP contribution in [-0.4, -0.2) is 41.3 Å². The lowest BCUT2D eigenvalue weighted by Crippen LogP contribution is -2.46. The third kappa shape index (κ3) is 4.32. The summed E-state index contributed by atoms with van der Waals surface area (Å²) in [6.07, 6.45) is 1.59. The van der Waals surface area contributed by atoms with Gasteiger partial charge >= 0.3 is 0 Å². The van der Waals surface area contributed by atoms with Gasteiger partial charge in [0, 0.05) is 23.6 Å². The van der Waals surface area contributed by atoms with Gasteiger partial charge in [0.2, 0.25) is 5.91 Å². The quantitative estimate of drug-likeness (QED) is 0.388. The molecule has 0 spiro atoms. The van der Waals surface area contributed by atoms with Crippen LogP contribution >= 0.6 is 22.9 Å². The third-order valence-electron chi connectivity index (χ3n) is 4.07. The number of nitro groups is 1. The number of anilines is 1. The predicted octanol–water partition coefficient (Wildman–Crippen LogP) is 3.25. The first kappa shape index (κ1) is 19.8. The molecule has 0 radical (unpaired) electrons. The minimum Gasteiger partial charge on any atom is -0.482 e. The van der Waals surface area contributed by atoms with Crippen LogP contribution in [-0.2, 0) is 16.1 Å². The van der Waals surface area contributed by atoms with Crippen LogP contribution in [0.15, 0.2) is 43.0 Å².